The highest BCUT2D eigenvalue weighted by Gasteiger charge is 2.40. The number of anilines is 1. The van der Waals surface area contributed by atoms with Gasteiger partial charge in [0.25, 0.3) is 5.91 Å². The molecular weight excluding hydrogens is 286 g/mol. The second-order valence-electron chi connectivity index (χ2n) is 5.24. The first kappa shape index (κ1) is 16.0. The molecule has 0 heterocycles. The van der Waals surface area contributed by atoms with Crippen LogP contribution in [0.15, 0.2) is 24.3 Å². The predicted molar refractivity (Wildman–Crippen MR) is 79.3 cm³/mol. The average Bonchev–Trinajstić information content (AvgIpc) is 3.22. The molecule has 6 nitrogen and oxygen atoms in total. The van der Waals surface area contributed by atoms with Crippen LogP contribution in [-0.4, -0.2) is 31.1 Å². The summed E-state index contributed by atoms with van der Waals surface area (Å²) in [4.78, 5) is 35.2. The maximum Gasteiger partial charge on any atom is 0.340 e. The van der Waals surface area contributed by atoms with Gasteiger partial charge in [0.2, 0.25) is 0 Å². The van der Waals surface area contributed by atoms with Gasteiger partial charge in [-0.3, -0.25) is 9.59 Å². The van der Waals surface area contributed by atoms with Crippen LogP contribution in [0.1, 0.15) is 30.6 Å². The molecule has 6 heteroatoms. The monoisotopic (exact) mass is 305 g/mol. The number of rotatable bonds is 6. The van der Waals surface area contributed by atoms with Crippen molar-refractivity contribution >= 4 is 23.5 Å². The molecule has 1 aliphatic carbocycles. The molecule has 1 aromatic rings. The molecular formula is C16H19NO5. The first-order valence-corrected chi connectivity index (χ1v) is 7.25. The topological polar surface area (TPSA) is 81.7 Å². The van der Waals surface area contributed by atoms with Crippen LogP contribution in [-0.2, 0) is 19.1 Å². The van der Waals surface area contributed by atoms with Gasteiger partial charge in [0.1, 0.15) is 0 Å². The molecule has 0 bridgehead atoms. The number of benzene rings is 1. The standard InChI is InChI=1S/C16H19NO5/c1-3-21-15(19)11-6-4-5-7-13(11)17-14(18)9-22-16(20)12-8-10(12)2/h4-7,10,12H,3,8-9H2,1-2H3,(H,17,18)/t10-,12-/m1/s1. The van der Waals surface area contributed by atoms with Crippen molar-refractivity contribution in [2.45, 2.75) is 20.3 Å². The van der Waals surface area contributed by atoms with E-state index in [9.17, 15) is 14.4 Å². The van der Waals surface area contributed by atoms with E-state index < -0.39 is 11.9 Å². The maximum absolute atomic E-state index is 11.8. The molecule has 0 unspecified atom stereocenters. The van der Waals surface area contributed by atoms with Gasteiger partial charge in [-0.2, -0.15) is 0 Å². The molecule has 0 aromatic heterocycles. The Bertz CT molecular complexity index is 584. The first-order valence-electron chi connectivity index (χ1n) is 7.25. The van der Waals surface area contributed by atoms with Crippen LogP contribution >= 0.6 is 0 Å². The molecule has 1 saturated carbocycles. The van der Waals surface area contributed by atoms with Crippen LogP contribution in [0.3, 0.4) is 0 Å². The molecule has 0 radical (unpaired) electrons. The van der Waals surface area contributed by atoms with Gasteiger partial charge in [-0.25, -0.2) is 4.79 Å². The molecule has 0 saturated heterocycles. The summed E-state index contributed by atoms with van der Waals surface area (Å²) in [5.74, 6) is -1.10. The average molecular weight is 305 g/mol. The van der Waals surface area contributed by atoms with Crippen molar-refractivity contribution in [2.24, 2.45) is 11.8 Å². The van der Waals surface area contributed by atoms with Gasteiger partial charge in [-0.1, -0.05) is 19.1 Å². The fourth-order valence-corrected chi connectivity index (χ4v) is 2.06. The molecule has 0 aliphatic heterocycles. The molecule has 1 amide bonds. The highest BCUT2D eigenvalue weighted by Crippen LogP contribution is 2.38. The highest BCUT2D eigenvalue weighted by atomic mass is 16.5. The minimum atomic E-state index is -0.512. The Hall–Kier alpha value is -2.37. The molecule has 0 spiro atoms. The van der Waals surface area contributed by atoms with Gasteiger partial charge in [0.15, 0.2) is 6.61 Å². The second kappa shape index (κ2) is 7.06. The van der Waals surface area contributed by atoms with Crippen molar-refractivity contribution in [1.29, 1.82) is 0 Å². The van der Waals surface area contributed by atoms with Crippen LogP contribution < -0.4 is 5.32 Å². The Morgan fingerprint density at radius 2 is 1.91 bits per heavy atom. The largest absolute Gasteiger partial charge is 0.462 e. The Morgan fingerprint density at radius 1 is 1.23 bits per heavy atom. The van der Waals surface area contributed by atoms with Crippen molar-refractivity contribution in [3.63, 3.8) is 0 Å². The molecule has 1 N–H and O–H groups in total. The summed E-state index contributed by atoms with van der Waals surface area (Å²) in [7, 11) is 0. The number of ether oxygens (including phenoxy) is 2. The first-order chi connectivity index (χ1) is 10.5. The summed E-state index contributed by atoms with van der Waals surface area (Å²) in [6.45, 7) is 3.55. The number of hydrogen-bond donors (Lipinski definition) is 1. The van der Waals surface area contributed by atoms with Crippen molar-refractivity contribution in [3.8, 4) is 0 Å². The quantitative estimate of drug-likeness (QED) is 0.813. The Balaban J connectivity index is 1.91. The van der Waals surface area contributed by atoms with Crippen molar-refractivity contribution in [2.75, 3.05) is 18.5 Å². The van der Waals surface area contributed by atoms with Crippen molar-refractivity contribution in [1.82, 2.24) is 0 Å². The van der Waals surface area contributed by atoms with Gasteiger partial charge < -0.3 is 14.8 Å². The van der Waals surface area contributed by atoms with Crippen molar-refractivity contribution < 1.29 is 23.9 Å². The van der Waals surface area contributed by atoms with E-state index >= 15 is 0 Å². The van der Waals surface area contributed by atoms with Gasteiger partial charge in [0.05, 0.1) is 23.8 Å². The zero-order valence-corrected chi connectivity index (χ0v) is 12.6. The van der Waals surface area contributed by atoms with Gasteiger partial charge >= 0.3 is 11.9 Å². The summed E-state index contributed by atoms with van der Waals surface area (Å²) in [5, 5.41) is 2.56. The number of hydrogen-bond acceptors (Lipinski definition) is 5. The molecule has 1 fully saturated rings. The summed E-state index contributed by atoms with van der Waals surface area (Å²) >= 11 is 0. The lowest BCUT2D eigenvalue weighted by Crippen LogP contribution is -2.23. The zero-order valence-electron chi connectivity index (χ0n) is 12.6. The Labute approximate surface area is 128 Å². The number of carbonyl (C=O) groups excluding carboxylic acids is 3. The fraction of sp³-hybridized carbons (Fsp3) is 0.438. The van der Waals surface area contributed by atoms with E-state index in [4.69, 9.17) is 9.47 Å². The normalized spacial score (nSPS) is 19.2. The molecule has 1 aromatic carbocycles. The smallest absolute Gasteiger partial charge is 0.340 e. The maximum atomic E-state index is 11.8. The van der Waals surface area contributed by atoms with E-state index in [2.05, 4.69) is 5.32 Å². The Kier molecular flexibility index (Phi) is 5.14. The van der Waals surface area contributed by atoms with Crippen molar-refractivity contribution in [3.05, 3.63) is 29.8 Å². The SMILES string of the molecule is CCOC(=O)c1ccccc1NC(=O)COC(=O)[C@@H]1C[C@H]1C. The third-order valence-electron chi connectivity index (χ3n) is 3.45. The number of para-hydroxylation sites is 1. The van der Waals surface area contributed by atoms with E-state index in [1.807, 2.05) is 6.92 Å². The minimum absolute atomic E-state index is 0.0837. The third kappa shape index (κ3) is 4.07. The summed E-state index contributed by atoms with van der Waals surface area (Å²) in [6, 6.07) is 6.52. The molecule has 22 heavy (non-hydrogen) atoms. The number of nitrogens with one attached hydrogen (secondary N) is 1. The number of carbonyl (C=O) groups is 3. The summed E-state index contributed by atoms with van der Waals surface area (Å²) in [5.41, 5.74) is 0.599. The third-order valence-corrected chi connectivity index (χ3v) is 3.45. The zero-order chi connectivity index (χ0) is 16.1. The van der Waals surface area contributed by atoms with Crippen LogP contribution in [0.25, 0.3) is 0 Å². The van der Waals surface area contributed by atoms with Crippen LogP contribution in [0, 0.1) is 11.8 Å². The second-order valence-corrected chi connectivity index (χ2v) is 5.24. The number of amides is 1. The Morgan fingerprint density at radius 3 is 2.55 bits per heavy atom. The lowest BCUT2D eigenvalue weighted by atomic mass is 10.2. The molecule has 1 aliphatic rings. The lowest BCUT2D eigenvalue weighted by molar-refractivity contribution is -0.148. The van der Waals surface area contributed by atoms with E-state index in [1.165, 1.54) is 0 Å². The predicted octanol–water partition coefficient (Wildman–Crippen LogP) is 2.00. The molecule has 2 rings (SSSR count). The van der Waals surface area contributed by atoms with E-state index in [1.54, 1.807) is 31.2 Å². The van der Waals surface area contributed by atoms with Crippen LogP contribution in [0.4, 0.5) is 5.69 Å². The van der Waals surface area contributed by atoms with Gasteiger partial charge in [-0.15, -0.1) is 0 Å². The van der Waals surface area contributed by atoms with E-state index in [0.29, 0.717) is 11.6 Å². The van der Waals surface area contributed by atoms with Gasteiger partial charge in [-0.05, 0) is 31.4 Å². The van der Waals surface area contributed by atoms with E-state index in [-0.39, 0.29) is 30.7 Å². The lowest BCUT2D eigenvalue weighted by Gasteiger charge is -2.10. The molecule has 2 atom stereocenters. The van der Waals surface area contributed by atoms with E-state index in [0.717, 1.165) is 6.42 Å². The summed E-state index contributed by atoms with van der Waals surface area (Å²) < 4.78 is 9.88. The minimum Gasteiger partial charge on any atom is -0.462 e. The van der Waals surface area contributed by atoms with Crippen LogP contribution in [0.5, 0.6) is 0 Å². The fourth-order valence-electron chi connectivity index (χ4n) is 2.06. The summed E-state index contributed by atoms with van der Waals surface area (Å²) in [6.07, 6.45) is 0.812. The highest BCUT2D eigenvalue weighted by molar-refractivity contribution is 6.01. The van der Waals surface area contributed by atoms with Gasteiger partial charge in [0, 0.05) is 0 Å². The van der Waals surface area contributed by atoms with Crippen LogP contribution in [0.2, 0.25) is 0 Å². The molecule has 118 valence electrons. The number of esters is 2.